The lowest BCUT2D eigenvalue weighted by Crippen LogP contribution is -2.07. The molecular weight excluding hydrogens is 204 g/mol. The summed E-state index contributed by atoms with van der Waals surface area (Å²) < 4.78 is 0. The van der Waals surface area contributed by atoms with Gasteiger partial charge in [-0.3, -0.25) is 0 Å². The van der Waals surface area contributed by atoms with Gasteiger partial charge in [0.15, 0.2) is 0 Å². The van der Waals surface area contributed by atoms with E-state index < -0.39 is 0 Å². The van der Waals surface area contributed by atoms with Gasteiger partial charge in [0.25, 0.3) is 0 Å². The maximum atomic E-state index is 2.33. The fourth-order valence-electron chi connectivity index (χ4n) is 2.57. The fourth-order valence-corrected chi connectivity index (χ4v) is 2.57. The molecule has 0 fully saturated rings. The second kappa shape index (κ2) is 5.67. The Balaban J connectivity index is 2.25. The molecule has 0 heteroatoms. The van der Waals surface area contributed by atoms with E-state index in [1.54, 1.807) is 0 Å². The summed E-state index contributed by atoms with van der Waals surface area (Å²) in [5, 5.41) is 0. The predicted octanol–water partition coefficient (Wildman–Crippen LogP) is 4.98. The van der Waals surface area contributed by atoms with Crippen molar-refractivity contribution in [2.24, 2.45) is 0 Å². The second-order valence-electron chi connectivity index (χ2n) is 4.62. The first kappa shape index (κ1) is 11.9. The highest BCUT2D eigenvalue weighted by Crippen LogP contribution is 2.34. The molecule has 2 aromatic carbocycles. The van der Waals surface area contributed by atoms with Crippen molar-refractivity contribution in [3.8, 4) is 0 Å². The van der Waals surface area contributed by atoms with Crippen LogP contribution in [0.25, 0.3) is 0 Å². The molecule has 0 saturated carbocycles. The molecule has 0 heterocycles. The summed E-state index contributed by atoms with van der Waals surface area (Å²) in [5.74, 6) is 1.18. The van der Waals surface area contributed by atoms with Crippen LogP contribution in [0.1, 0.15) is 43.2 Å². The van der Waals surface area contributed by atoms with Crippen molar-refractivity contribution in [2.45, 2.75) is 32.1 Å². The lowest BCUT2D eigenvalue weighted by Gasteiger charge is -2.23. The minimum Gasteiger partial charge on any atom is -0.0648 e. The first-order chi connectivity index (χ1) is 8.33. The first-order valence-corrected chi connectivity index (χ1v) is 6.42. The molecule has 17 heavy (non-hydrogen) atoms. The molecule has 0 aliphatic carbocycles. The molecule has 2 rings (SSSR count). The molecular formula is C17H20. The van der Waals surface area contributed by atoms with Crippen LogP contribution in [0.2, 0.25) is 0 Å². The number of benzene rings is 2. The van der Waals surface area contributed by atoms with Gasteiger partial charge in [0.05, 0.1) is 0 Å². The van der Waals surface area contributed by atoms with Crippen molar-refractivity contribution in [3.63, 3.8) is 0 Å². The second-order valence-corrected chi connectivity index (χ2v) is 4.62. The summed E-state index contributed by atoms with van der Waals surface area (Å²) in [7, 11) is 0. The SMILES string of the molecule is CCC(c1ccccc1)C(C)c1ccccc1. The van der Waals surface area contributed by atoms with E-state index in [0.29, 0.717) is 11.8 Å². The van der Waals surface area contributed by atoms with Crippen LogP contribution >= 0.6 is 0 Å². The number of hydrogen-bond donors (Lipinski definition) is 0. The molecule has 0 radical (unpaired) electrons. The van der Waals surface area contributed by atoms with Crippen molar-refractivity contribution in [1.82, 2.24) is 0 Å². The monoisotopic (exact) mass is 224 g/mol. The Morgan fingerprint density at radius 1 is 0.765 bits per heavy atom. The van der Waals surface area contributed by atoms with Crippen LogP contribution in [0.3, 0.4) is 0 Å². The minimum absolute atomic E-state index is 0.573. The average Bonchev–Trinajstić information content (AvgIpc) is 2.42. The summed E-state index contributed by atoms with van der Waals surface area (Å²) in [6.07, 6.45) is 1.18. The Morgan fingerprint density at radius 2 is 1.24 bits per heavy atom. The Labute approximate surface area is 104 Å². The third-order valence-corrected chi connectivity index (χ3v) is 3.60. The van der Waals surface area contributed by atoms with Gasteiger partial charge in [-0.25, -0.2) is 0 Å². The molecule has 88 valence electrons. The first-order valence-electron chi connectivity index (χ1n) is 6.42. The molecule has 0 aliphatic rings. The van der Waals surface area contributed by atoms with Crippen LogP contribution in [-0.4, -0.2) is 0 Å². The molecule has 0 nitrogen and oxygen atoms in total. The van der Waals surface area contributed by atoms with E-state index in [-0.39, 0.29) is 0 Å². The summed E-state index contributed by atoms with van der Waals surface area (Å²) >= 11 is 0. The van der Waals surface area contributed by atoms with Gasteiger partial charge in [-0.2, -0.15) is 0 Å². The van der Waals surface area contributed by atoms with Gasteiger partial charge < -0.3 is 0 Å². The lowest BCUT2D eigenvalue weighted by atomic mass is 9.81. The summed E-state index contributed by atoms with van der Waals surface area (Å²) in [5.41, 5.74) is 2.88. The molecule has 0 aliphatic heterocycles. The van der Waals surface area contributed by atoms with E-state index >= 15 is 0 Å². The number of hydrogen-bond acceptors (Lipinski definition) is 0. The van der Waals surface area contributed by atoms with Gasteiger partial charge in [0.1, 0.15) is 0 Å². The molecule has 0 N–H and O–H groups in total. The van der Waals surface area contributed by atoms with Gasteiger partial charge in [-0.15, -0.1) is 0 Å². The van der Waals surface area contributed by atoms with Crippen molar-refractivity contribution < 1.29 is 0 Å². The van der Waals surface area contributed by atoms with E-state index in [1.807, 2.05) is 0 Å². The normalized spacial score (nSPS) is 14.2. The Hall–Kier alpha value is -1.56. The maximum absolute atomic E-state index is 2.33. The molecule has 0 spiro atoms. The Morgan fingerprint density at radius 3 is 1.71 bits per heavy atom. The molecule has 0 aromatic heterocycles. The molecule has 0 saturated heterocycles. The quantitative estimate of drug-likeness (QED) is 0.686. The van der Waals surface area contributed by atoms with Crippen molar-refractivity contribution in [2.75, 3.05) is 0 Å². The van der Waals surface area contributed by atoms with Gasteiger partial charge in [0, 0.05) is 0 Å². The van der Waals surface area contributed by atoms with Crippen LogP contribution in [-0.2, 0) is 0 Å². The van der Waals surface area contributed by atoms with Crippen molar-refractivity contribution >= 4 is 0 Å². The zero-order valence-corrected chi connectivity index (χ0v) is 10.6. The highest BCUT2D eigenvalue weighted by Gasteiger charge is 2.18. The molecule has 2 aromatic rings. The maximum Gasteiger partial charge on any atom is -0.00984 e. The Bertz CT molecular complexity index is 430. The minimum atomic E-state index is 0.573. The van der Waals surface area contributed by atoms with E-state index in [0.717, 1.165) is 0 Å². The van der Waals surface area contributed by atoms with Gasteiger partial charge >= 0.3 is 0 Å². The average molecular weight is 224 g/mol. The summed E-state index contributed by atoms with van der Waals surface area (Å²) in [6, 6.07) is 21.6. The van der Waals surface area contributed by atoms with Gasteiger partial charge in [-0.05, 0) is 29.4 Å². The van der Waals surface area contributed by atoms with Crippen molar-refractivity contribution in [3.05, 3.63) is 71.8 Å². The number of rotatable bonds is 4. The molecule has 2 atom stereocenters. The highest BCUT2D eigenvalue weighted by atomic mass is 14.2. The fraction of sp³-hybridized carbons (Fsp3) is 0.294. The largest absolute Gasteiger partial charge is 0.0648 e. The third kappa shape index (κ3) is 2.76. The predicted molar refractivity (Wildman–Crippen MR) is 74.3 cm³/mol. The standard InChI is InChI=1S/C17H20/c1-3-17(16-12-8-5-9-13-16)14(2)15-10-6-4-7-11-15/h4-14,17H,3H2,1-2H3. The van der Waals surface area contributed by atoms with Crippen LogP contribution in [0.5, 0.6) is 0 Å². The van der Waals surface area contributed by atoms with E-state index in [9.17, 15) is 0 Å². The van der Waals surface area contributed by atoms with E-state index in [1.165, 1.54) is 17.5 Å². The van der Waals surface area contributed by atoms with Gasteiger partial charge in [-0.1, -0.05) is 74.5 Å². The topological polar surface area (TPSA) is 0 Å². The van der Waals surface area contributed by atoms with Crippen LogP contribution in [0, 0.1) is 0 Å². The summed E-state index contributed by atoms with van der Waals surface area (Å²) in [6.45, 7) is 4.60. The lowest BCUT2D eigenvalue weighted by molar-refractivity contribution is 0.559. The zero-order valence-electron chi connectivity index (χ0n) is 10.6. The molecule has 0 bridgehead atoms. The van der Waals surface area contributed by atoms with Gasteiger partial charge in [0.2, 0.25) is 0 Å². The van der Waals surface area contributed by atoms with Crippen LogP contribution < -0.4 is 0 Å². The molecule has 2 unspecified atom stereocenters. The van der Waals surface area contributed by atoms with E-state index in [4.69, 9.17) is 0 Å². The highest BCUT2D eigenvalue weighted by molar-refractivity contribution is 5.27. The zero-order chi connectivity index (χ0) is 12.1. The van der Waals surface area contributed by atoms with Crippen LogP contribution in [0.4, 0.5) is 0 Å². The van der Waals surface area contributed by atoms with Crippen LogP contribution in [0.15, 0.2) is 60.7 Å². The third-order valence-electron chi connectivity index (χ3n) is 3.60. The smallest absolute Gasteiger partial charge is 0.00984 e. The summed E-state index contributed by atoms with van der Waals surface area (Å²) in [4.78, 5) is 0. The Kier molecular flexibility index (Phi) is 3.98. The molecule has 0 amide bonds. The van der Waals surface area contributed by atoms with Crippen molar-refractivity contribution in [1.29, 1.82) is 0 Å². The van der Waals surface area contributed by atoms with E-state index in [2.05, 4.69) is 74.5 Å².